The van der Waals surface area contributed by atoms with Crippen LogP contribution < -0.4 is 10.1 Å². The second kappa shape index (κ2) is 6.86. The summed E-state index contributed by atoms with van der Waals surface area (Å²) in [7, 11) is 0. The molecule has 4 heteroatoms. The van der Waals surface area contributed by atoms with Crippen molar-refractivity contribution in [3.63, 3.8) is 0 Å². The molecule has 108 valence electrons. The first-order chi connectivity index (χ1) is 9.60. The molecule has 0 saturated heterocycles. The molecule has 20 heavy (non-hydrogen) atoms. The molecule has 0 amide bonds. The van der Waals surface area contributed by atoms with Crippen LogP contribution in [0, 0.1) is 20.8 Å². The van der Waals surface area contributed by atoms with Crippen LogP contribution in [0.2, 0.25) is 0 Å². The van der Waals surface area contributed by atoms with Crippen molar-refractivity contribution < 1.29 is 4.74 Å². The van der Waals surface area contributed by atoms with Gasteiger partial charge in [0.15, 0.2) is 0 Å². The molecule has 0 bridgehead atoms. The summed E-state index contributed by atoms with van der Waals surface area (Å²) >= 11 is 1.65. The van der Waals surface area contributed by atoms with E-state index in [4.69, 9.17) is 4.74 Å². The van der Waals surface area contributed by atoms with Gasteiger partial charge >= 0.3 is 0 Å². The van der Waals surface area contributed by atoms with Gasteiger partial charge in [-0.05, 0) is 44.0 Å². The van der Waals surface area contributed by atoms with Crippen molar-refractivity contribution in [2.24, 2.45) is 0 Å². The second-order valence-corrected chi connectivity index (χ2v) is 5.95. The largest absolute Gasteiger partial charge is 0.486 e. The SMILES string of the molecule is CCNCc1cc(C)c(OCc2nc(C)cs2)c(C)c1. The van der Waals surface area contributed by atoms with Crippen molar-refractivity contribution in [3.8, 4) is 5.75 Å². The fraction of sp³-hybridized carbons (Fsp3) is 0.438. The zero-order valence-electron chi connectivity index (χ0n) is 12.6. The molecule has 0 aliphatic rings. The number of hydrogen-bond acceptors (Lipinski definition) is 4. The van der Waals surface area contributed by atoms with Crippen molar-refractivity contribution in [1.29, 1.82) is 0 Å². The molecule has 0 aliphatic heterocycles. The summed E-state index contributed by atoms with van der Waals surface area (Å²) in [6.45, 7) is 10.8. The second-order valence-electron chi connectivity index (χ2n) is 5.01. The molecule has 0 aliphatic carbocycles. The number of hydrogen-bond donors (Lipinski definition) is 1. The Labute approximate surface area is 125 Å². The molecule has 0 saturated carbocycles. The van der Waals surface area contributed by atoms with Gasteiger partial charge in [-0.3, -0.25) is 0 Å². The van der Waals surface area contributed by atoms with Crippen LogP contribution in [0.5, 0.6) is 5.75 Å². The Morgan fingerprint density at radius 3 is 2.45 bits per heavy atom. The summed E-state index contributed by atoms with van der Waals surface area (Å²) in [5, 5.41) is 6.43. The lowest BCUT2D eigenvalue weighted by molar-refractivity contribution is 0.301. The van der Waals surface area contributed by atoms with Crippen LogP contribution in [0.25, 0.3) is 0 Å². The number of nitrogens with zero attached hydrogens (tertiary/aromatic N) is 1. The van der Waals surface area contributed by atoms with E-state index in [1.807, 2.05) is 6.92 Å². The van der Waals surface area contributed by atoms with Crippen molar-refractivity contribution in [3.05, 3.63) is 44.9 Å². The fourth-order valence-corrected chi connectivity index (χ4v) is 2.92. The fourth-order valence-electron chi connectivity index (χ4n) is 2.24. The van der Waals surface area contributed by atoms with Gasteiger partial charge in [0.25, 0.3) is 0 Å². The first-order valence-corrected chi connectivity index (χ1v) is 7.82. The number of aryl methyl sites for hydroxylation is 3. The van der Waals surface area contributed by atoms with E-state index in [0.29, 0.717) is 6.61 Å². The van der Waals surface area contributed by atoms with Crippen molar-refractivity contribution in [1.82, 2.24) is 10.3 Å². The maximum Gasteiger partial charge on any atom is 0.140 e. The number of nitrogens with one attached hydrogen (secondary N) is 1. The van der Waals surface area contributed by atoms with Gasteiger partial charge in [-0.15, -0.1) is 11.3 Å². The molecule has 2 aromatic rings. The lowest BCUT2D eigenvalue weighted by Gasteiger charge is -2.13. The lowest BCUT2D eigenvalue weighted by atomic mass is 10.1. The molecule has 0 atom stereocenters. The molecule has 0 spiro atoms. The summed E-state index contributed by atoms with van der Waals surface area (Å²) in [5.74, 6) is 0.984. The van der Waals surface area contributed by atoms with Crippen LogP contribution in [0.1, 0.15) is 34.3 Å². The summed E-state index contributed by atoms with van der Waals surface area (Å²) in [6, 6.07) is 4.39. The average Bonchev–Trinajstić information content (AvgIpc) is 2.81. The predicted octanol–water partition coefficient (Wildman–Crippen LogP) is 3.76. The maximum absolute atomic E-state index is 5.95. The molecule has 3 nitrogen and oxygen atoms in total. The van der Waals surface area contributed by atoms with Crippen LogP contribution in [-0.2, 0) is 13.2 Å². The first-order valence-electron chi connectivity index (χ1n) is 6.94. The quantitative estimate of drug-likeness (QED) is 0.879. The van der Waals surface area contributed by atoms with E-state index in [2.05, 4.69) is 48.6 Å². The molecule has 0 radical (unpaired) electrons. The Hall–Kier alpha value is -1.39. The number of rotatable bonds is 6. The summed E-state index contributed by atoms with van der Waals surface area (Å²) in [6.07, 6.45) is 0. The Bertz CT molecular complexity index is 555. The smallest absolute Gasteiger partial charge is 0.140 e. The molecule has 1 aromatic heterocycles. The highest BCUT2D eigenvalue weighted by atomic mass is 32.1. The van der Waals surface area contributed by atoms with E-state index >= 15 is 0 Å². The zero-order chi connectivity index (χ0) is 14.5. The normalized spacial score (nSPS) is 10.8. The van der Waals surface area contributed by atoms with E-state index in [1.165, 1.54) is 16.7 Å². The molecule has 1 heterocycles. The van der Waals surface area contributed by atoms with Crippen LogP contribution >= 0.6 is 11.3 Å². The molecule has 2 rings (SSSR count). The Morgan fingerprint density at radius 2 is 1.90 bits per heavy atom. The molecule has 1 N–H and O–H groups in total. The number of ether oxygens (including phenoxy) is 1. The van der Waals surface area contributed by atoms with Crippen molar-refractivity contribution in [2.75, 3.05) is 6.54 Å². The van der Waals surface area contributed by atoms with Gasteiger partial charge in [0.2, 0.25) is 0 Å². The molecular formula is C16H22N2OS. The molecule has 0 fully saturated rings. The topological polar surface area (TPSA) is 34.1 Å². The van der Waals surface area contributed by atoms with Gasteiger partial charge in [-0.2, -0.15) is 0 Å². The Kier molecular flexibility index (Phi) is 5.15. The third-order valence-electron chi connectivity index (χ3n) is 3.11. The number of benzene rings is 1. The third-order valence-corrected chi connectivity index (χ3v) is 4.05. The summed E-state index contributed by atoms with van der Waals surface area (Å²) in [5.41, 5.74) is 4.74. The van der Waals surface area contributed by atoms with Gasteiger partial charge in [-0.25, -0.2) is 4.98 Å². The summed E-state index contributed by atoms with van der Waals surface area (Å²) < 4.78 is 5.95. The predicted molar refractivity (Wildman–Crippen MR) is 84.5 cm³/mol. The van der Waals surface area contributed by atoms with Gasteiger partial charge < -0.3 is 10.1 Å². The summed E-state index contributed by atoms with van der Waals surface area (Å²) in [4.78, 5) is 4.43. The van der Waals surface area contributed by atoms with E-state index in [1.54, 1.807) is 11.3 Å². The van der Waals surface area contributed by atoms with Crippen LogP contribution in [0.4, 0.5) is 0 Å². The van der Waals surface area contributed by atoms with Crippen molar-refractivity contribution in [2.45, 2.75) is 40.8 Å². The molecule has 1 aromatic carbocycles. The highest BCUT2D eigenvalue weighted by molar-refractivity contribution is 7.09. The molecule has 0 unspecified atom stereocenters. The van der Waals surface area contributed by atoms with Gasteiger partial charge in [0.1, 0.15) is 17.4 Å². The first kappa shape index (κ1) is 15.0. The minimum atomic E-state index is 0.548. The maximum atomic E-state index is 5.95. The van der Waals surface area contributed by atoms with Crippen molar-refractivity contribution >= 4 is 11.3 Å². The highest BCUT2D eigenvalue weighted by Gasteiger charge is 2.08. The van der Waals surface area contributed by atoms with Crippen LogP contribution in [0.15, 0.2) is 17.5 Å². The van der Waals surface area contributed by atoms with Crippen LogP contribution in [-0.4, -0.2) is 11.5 Å². The highest BCUT2D eigenvalue weighted by Crippen LogP contribution is 2.26. The van der Waals surface area contributed by atoms with Gasteiger partial charge in [0.05, 0.1) is 0 Å². The number of thiazole rings is 1. The average molecular weight is 290 g/mol. The Morgan fingerprint density at radius 1 is 1.20 bits per heavy atom. The van der Waals surface area contributed by atoms with E-state index < -0.39 is 0 Å². The minimum absolute atomic E-state index is 0.548. The monoisotopic (exact) mass is 290 g/mol. The third kappa shape index (κ3) is 3.81. The Balaban J connectivity index is 2.07. The standard InChI is InChI=1S/C16H22N2OS/c1-5-17-8-14-6-11(2)16(12(3)7-14)19-9-15-18-13(4)10-20-15/h6-7,10,17H,5,8-9H2,1-4H3. The van der Waals surface area contributed by atoms with E-state index in [-0.39, 0.29) is 0 Å². The van der Waals surface area contributed by atoms with E-state index in [0.717, 1.165) is 29.5 Å². The van der Waals surface area contributed by atoms with Gasteiger partial charge in [-0.1, -0.05) is 19.1 Å². The van der Waals surface area contributed by atoms with Gasteiger partial charge in [0, 0.05) is 17.6 Å². The number of aromatic nitrogens is 1. The zero-order valence-corrected chi connectivity index (χ0v) is 13.4. The lowest BCUT2D eigenvalue weighted by Crippen LogP contribution is -2.12. The van der Waals surface area contributed by atoms with E-state index in [9.17, 15) is 0 Å². The van der Waals surface area contributed by atoms with Crippen LogP contribution in [0.3, 0.4) is 0 Å². The molecular weight excluding hydrogens is 268 g/mol. The minimum Gasteiger partial charge on any atom is -0.486 e.